The third-order valence-electron chi connectivity index (χ3n) is 4.52. The minimum atomic E-state index is -1.22. The number of ether oxygens (including phenoxy) is 1. The number of benzene rings is 1. The van der Waals surface area contributed by atoms with Gasteiger partial charge in [-0.05, 0) is 38.1 Å². The highest BCUT2D eigenvalue weighted by Crippen LogP contribution is 2.41. The fourth-order valence-electron chi connectivity index (χ4n) is 3.31. The van der Waals surface area contributed by atoms with Crippen molar-refractivity contribution in [1.29, 1.82) is 5.26 Å². The molecule has 0 spiro atoms. The van der Waals surface area contributed by atoms with E-state index in [0.717, 1.165) is 0 Å². The molecule has 20 heavy (non-hydrogen) atoms. The van der Waals surface area contributed by atoms with Crippen LogP contribution in [0, 0.1) is 17.1 Å². The van der Waals surface area contributed by atoms with Gasteiger partial charge in [0.25, 0.3) is 0 Å². The van der Waals surface area contributed by atoms with Crippen molar-refractivity contribution in [3.8, 4) is 6.07 Å². The number of fused-ring (bicyclic) bond motifs is 2. The predicted molar refractivity (Wildman–Crippen MR) is 70.4 cm³/mol. The maximum atomic E-state index is 14.1. The Hall–Kier alpha value is -1.48. The molecule has 2 unspecified atom stereocenters. The Kier molecular flexibility index (Phi) is 3.25. The van der Waals surface area contributed by atoms with Gasteiger partial charge in [0.1, 0.15) is 5.82 Å². The minimum Gasteiger partial charge on any atom is -0.385 e. The number of halogens is 1. The van der Waals surface area contributed by atoms with Gasteiger partial charge in [-0.25, -0.2) is 4.39 Å². The maximum Gasteiger partial charge on any atom is 0.129 e. The first-order chi connectivity index (χ1) is 9.53. The van der Waals surface area contributed by atoms with Gasteiger partial charge < -0.3 is 9.84 Å². The summed E-state index contributed by atoms with van der Waals surface area (Å²) in [6.07, 6.45) is 0.845. The molecule has 3 rings (SSSR count). The molecule has 1 N–H and O–H groups in total. The molecule has 2 aliphatic heterocycles. The first-order valence-electron chi connectivity index (χ1n) is 6.76. The first kappa shape index (κ1) is 13.5. The lowest BCUT2D eigenvalue weighted by Gasteiger charge is -2.50. The van der Waals surface area contributed by atoms with E-state index < -0.39 is 11.4 Å². The van der Waals surface area contributed by atoms with Crippen LogP contribution in [-0.4, -0.2) is 42.4 Å². The topological polar surface area (TPSA) is 56.5 Å². The molecule has 106 valence electrons. The van der Waals surface area contributed by atoms with Crippen LogP contribution >= 0.6 is 0 Å². The second-order valence-corrected chi connectivity index (χ2v) is 5.76. The molecule has 5 heteroatoms. The van der Waals surface area contributed by atoms with Gasteiger partial charge in [0.15, 0.2) is 0 Å². The lowest BCUT2D eigenvalue weighted by atomic mass is 9.76. The summed E-state index contributed by atoms with van der Waals surface area (Å²) in [7, 11) is 2.01. The zero-order valence-electron chi connectivity index (χ0n) is 11.3. The number of nitriles is 1. The quantitative estimate of drug-likeness (QED) is 0.842. The van der Waals surface area contributed by atoms with Crippen LogP contribution in [0.25, 0.3) is 0 Å². The molecule has 0 amide bonds. The largest absolute Gasteiger partial charge is 0.385 e. The summed E-state index contributed by atoms with van der Waals surface area (Å²) < 4.78 is 19.6. The number of piperidine rings is 1. The van der Waals surface area contributed by atoms with E-state index in [9.17, 15) is 9.50 Å². The van der Waals surface area contributed by atoms with Crippen molar-refractivity contribution in [3.63, 3.8) is 0 Å². The highest BCUT2D eigenvalue weighted by molar-refractivity contribution is 5.37. The van der Waals surface area contributed by atoms with Crippen LogP contribution in [0.3, 0.4) is 0 Å². The fourth-order valence-corrected chi connectivity index (χ4v) is 3.31. The lowest BCUT2D eigenvalue weighted by Crippen LogP contribution is -2.59. The van der Waals surface area contributed by atoms with E-state index in [1.165, 1.54) is 18.2 Å². The summed E-state index contributed by atoms with van der Waals surface area (Å²) in [4.78, 5) is 2.20. The molecular weight excluding hydrogens is 259 g/mol. The Morgan fingerprint density at radius 2 is 2.05 bits per heavy atom. The third kappa shape index (κ3) is 2.10. The number of hydrogen-bond acceptors (Lipinski definition) is 4. The van der Waals surface area contributed by atoms with Crippen LogP contribution in [0.15, 0.2) is 18.2 Å². The monoisotopic (exact) mass is 276 g/mol. The molecular formula is C15H17FN2O2. The second-order valence-electron chi connectivity index (χ2n) is 5.76. The number of nitrogens with zero attached hydrogens (tertiary/aromatic N) is 2. The number of rotatable bonds is 1. The van der Waals surface area contributed by atoms with Crippen LogP contribution in [0.2, 0.25) is 0 Å². The molecule has 2 fully saturated rings. The molecule has 1 aromatic carbocycles. The van der Waals surface area contributed by atoms with Crippen molar-refractivity contribution in [1.82, 2.24) is 4.90 Å². The van der Waals surface area contributed by atoms with Gasteiger partial charge in [0, 0.05) is 17.6 Å². The molecule has 2 heterocycles. The predicted octanol–water partition coefficient (Wildman–Crippen LogP) is 1.38. The molecule has 2 bridgehead atoms. The fraction of sp³-hybridized carbons (Fsp3) is 0.533. The smallest absolute Gasteiger partial charge is 0.129 e. The zero-order valence-corrected chi connectivity index (χ0v) is 11.3. The SMILES string of the molecule is CN1C2COCC1CC(O)(c1cc(C#N)ccc1F)C2. The normalized spacial score (nSPS) is 33.7. The van der Waals surface area contributed by atoms with Crippen LogP contribution < -0.4 is 0 Å². The van der Waals surface area contributed by atoms with E-state index in [1.54, 1.807) is 0 Å². The summed E-state index contributed by atoms with van der Waals surface area (Å²) in [5, 5.41) is 19.9. The van der Waals surface area contributed by atoms with Gasteiger partial charge in [-0.15, -0.1) is 0 Å². The van der Waals surface area contributed by atoms with Gasteiger partial charge in [-0.2, -0.15) is 5.26 Å². The highest BCUT2D eigenvalue weighted by atomic mass is 19.1. The number of likely N-dealkylation sites (N-methyl/N-ethyl adjacent to an activating group) is 1. The van der Waals surface area contributed by atoms with E-state index in [0.29, 0.717) is 31.6 Å². The van der Waals surface area contributed by atoms with Crippen molar-refractivity contribution >= 4 is 0 Å². The Labute approximate surface area is 117 Å². The molecule has 2 atom stereocenters. The van der Waals surface area contributed by atoms with Gasteiger partial charge in [-0.1, -0.05) is 0 Å². The maximum absolute atomic E-state index is 14.1. The van der Waals surface area contributed by atoms with Crippen LogP contribution in [0.1, 0.15) is 24.0 Å². The van der Waals surface area contributed by atoms with Crippen molar-refractivity contribution in [2.45, 2.75) is 30.5 Å². The summed E-state index contributed by atoms with van der Waals surface area (Å²) in [5.41, 5.74) is -0.612. The Balaban J connectivity index is 1.99. The van der Waals surface area contributed by atoms with Gasteiger partial charge in [0.2, 0.25) is 0 Å². The first-order valence-corrected chi connectivity index (χ1v) is 6.76. The zero-order chi connectivity index (χ0) is 14.3. The van der Waals surface area contributed by atoms with E-state index in [2.05, 4.69) is 4.90 Å². The average molecular weight is 276 g/mol. The van der Waals surface area contributed by atoms with Crippen molar-refractivity contribution < 1.29 is 14.2 Å². The van der Waals surface area contributed by atoms with Crippen molar-refractivity contribution in [2.75, 3.05) is 20.3 Å². The Morgan fingerprint density at radius 3 is 2.65 bits per heavy atom. The van der Waals surface area contributed by atoms with Crippen molar-refractivity contribution in [2.24, 2.45) is 0 Å². The molecule has 0 aromatic heterocycles. The van der Waals surface area contributed by atoms with Gasteiger partial charge in [0.05, 0.1) is 30.4 Å². The van der Waals surface area contributed by atoms with Crippen LogP contribution in [-0.2, 0) is 10.3 Å². The number of hydrogen-bond donors (Lipinski definition) is 1. The Morgan fingerprint density at radius 1 is 1.40 bits per heavy atom. The van der Waals surface area contributed by atoms with Gasteiger partial charge in [-0.3, -0.25) is 4.90 Å². The average Bonchev–Trinajstić information content (AvgIpc) is 2.41. The van der Waals surface area contributed by atoms with E-state index in [-0.39, 0.29) is 17.6 Å². The summed E-state index contributed by atoms with van der Waals surface area (Å²) in [5.74, 6) is -0.449. The molecule has 4 nitrogen and oxygen atoms in total. The van der Waals surface area contributed by atoms with E-state index in [1.807, 2.05) is 13.1 Å². The minimum absolute atomic E-state index is 0.0811. The highest BCUT2D eigenvalue weighted by Gasteiger charge is 2.46. The Bertz CT molecular complexity index is 555. The van der Waals surface area contributed by atoms with Crippen LogP contribution in [0.4, 0.5) is 4.39 Å². The number of aliphatic hydroxyl groups is 1. The third-order valence-corrected chi connectivity index (χ3v) is 4.52. The van der Waals surface area contributed by atoms with E-state index in [4.69, 9.17) is 10.00 Å². The molecule has 1 aromatic rings. The van der Waals surface area contributed by atoms with Crippen LogP contribution in [0.5, 0.6) is 0 Å². The molecule has 0 radical (unpaired) electrons. The lowest BCUT2D eigenvalue weighted by molar-refractivity contribution is -0.138. The molecule has 0 aliphatic carbocycles. The summed E-state index contributed by atoms with van der Waals surface area (Å²) >= 11 is 0. The van der Waals surface area contributed by atoms with Gasteiger partial charge >= 0.3 is 0 Å². The molecule has 2 saturated heterocycles. The molecule has 0 saturated carbocycles. The van der Waals surface area contributed by atoms with E-state index >= 15 is 0 Å². The second kappa shape index (κ2) is 4.81. The standard InChI is InChI=1S/C15H17FN2O2/c1-18-11-5-15(19,6-12(18)9-20-8-11)13-4-10(7-17)2-3-14(13)16/h2-4,11-12,19H,5-6,8-9H2,1H3. The summed E-state index contributed by atoms with van der Waals surface area (Å²) in [6.45, 7) is 1.10. The molecule has 2 aliphatic rings. The van der Waals surface area contributed by atoms with Crippen molar-refractivity contribution in [3.05, 3.63) is 35.1 Å². The summed E-state index contributed by atoms with van der Waals surface area (Å²) in [6, 6.07) is 6.32. The number of morpholine rings is 1.